The first-order chi connectivity index (χ1) is 12.4. The summed E-state index contributed by atoms with van der Waals surface area (Å²) in [6.07, 6.45) is 2.57. The molecule has 138 valence electrons. The van der Waals surface area contributed by atoms with Gasteiger partial charge in [-0.05, 0) is 38.5 Å². The minimum atomic E-state index is -4.27. The van der Waals surface area contributed by atoms with Gasteiger partial charge in [0.15, 0.2) is 0 Å². The second-order valence-electron chi connectivity index (χ2n) is 6.58. The van der Waals surface area contributed by atoms with E-state index in [9.17, 15) is 13.0 Å². The lowest BCUT2D eigenvalue weighted by atomic mass is 10.1. The van der Waals surface area contributed by atoms with E-state index in [1.165, 1.54) is 48.6 Å². The minimum Gasteiger partial charge on any atom is -0.744 e. The summed E-state index contributed by atoms with van der Waals surface area (Å²) < 4.78 is 33.7. The minimum absolute atomic E-state index is 0.178. The van der Waals surface area contributed by atoms with Crippen LogP contribution in [0.3, 0.4) is 0 Å². The molecule has 0 unspecified atom stereocenters. The topological polar surface area (TPSA) is 63.5 Å². The first-order valence-corrected chi connectivity index (χ1v) is 10.3. The van der Waals surface area contributed by atoms with Gasteiger partial charge in [0.05, 0.1) is 24.4 Å². The summed E-state index contributed by atoms with van der Waals surface area (Å²) in [4.78, 5) is 2.30. The molecule has 0 radical (unpaired) electrons. The van der Waals surface area contributed by atoms with Crippen LogP contribution >= 0.6 is 0 Å². The quantitative estimate of drug-likeness (QED) is 0.600. The highest BCUT2D eigenvalue weighted by Crippen LogP contribution is 2.28. The molecule has 2 aromatic rings. The Labute approximate surface area is 155 Å². The van der Waals surface area contributed by atoms with E-state index < -0.39 is 10.1 Å². The Morgan fingerprint density at radius 1 is 1.12 bits per heavy atom. The molecule has 4 rings (SSSR count). The fourth-order valence-electron chi connectivity index (χ4n) is 3.50. The monoisotopic (exact) mass is 372 g/mol. The Morgan fingerprint density at radius 3 is 2.46 bits per heavy atom. The fraction of sp³-hybridized carbons (Fsp3) is 0.350. The van der Waals surface area contributed by atoms with E-state index in [1.54, 1.807) is 12.1 Å². The number of nitrogens with zero attached hydrogens (tertiary/aromatic N) is 2. The summed E-state index contributed by atoms with van der Waals surface area (Å²) in [7, 11) is -4.27. The lowest BCUT2D eigenvalue weighted by molar-refractivity contribution is -0.538. The van der Waals surface area contributed by atoms with E-state index in [2.05, 4.69) is 40.7 Å². The number of rotatable bonds is 2. The third kappa shape index (κ3) is 3.97. The van der Waals surface area contributed by atoms with Gasteiger partial charge in [0, 0.05) is 5.56 Å². The summed E-state index contributed by atoms with van der Waals surface area (Å²) in [6.45, 7) is 7.50. The van der Waals surface area contributed by atoms with Gasteiger partial charge < -0.3 is 4.55 Å². The van der Waals surface area contributed by atoms with Gasteiger partial charge in [-0.25, -0.2) is 13.3 Å². The molecule has 0 atom stereocenters. The van der Waals surface area contributed by atoms with Gasteiger partial charge in [-0.2, -0.15) is 0 Å². The van der Waals surface area contributed by atoms with Crippen LogP contribution < -0.4 is 4.90 Å². The second-order valence-corrected chi connectivity index (χ2v) is 7.96. The molecular formula is C20H24N2O3S. The summed E-state index contributed by atoms with van der Waals surface area (Å²) in [5.41, 5.74) is 3.83. The zero-order chi connectivity index (χ0) is 18.7. The van der Waals surface area contributed by atoms with Gasteiger partial charge in [-0.1, -0.05) is 35.9 Å². The maximum atomic E-state index is 10.4. The van der Waals surface area contributed by atoms with Crippen molar-refractivity contribution in [2.45, 2.75) is 38.1 Å². The molecule has 26 heavy (non-hydrogen) atoms. The van der Waals surface area contributed by atoms with Crippen LogP contribution in [-0.2, 0) is 16.7 Å². The van der Waals surface area contributed by atoms with Crippen LogP contribution in [0.4, 0.5) is 5.69 Å². The molecule has 0 fully saturated rings. The van der Waals surface area contributed by atoms with Gasteiger partial charge in [0.2, 0.25) is 0 Å². The number of amidine groups is 1. The highest BCUT2D eigenvalue weighted by Gasteiger charge is 2.33. The number of aryl methyl sites for hydroxylation is 1. The summed E-state index contributed by atoms with van der Waals surface area (Å²) in [6, 6.07) is 14.6. The van der Waals surface area contributed by atoms with Crippen molar-refractivity contribution in [1.82, 2.24) is 0 Å². The zero-order valence-electron chi connectivity index (χ0n) is 15.2. The Morgan fingerprint density at radius 2 is 1.81 bits per heavy atom. The third-order valence-corrected chi connectivity index (χ3v) is 5.62. The molecule has 5 nitrogen and oxygen atoms in total. The van der Waals surface area contributed by atoms with Crippen molar-refractivity contribution >= 4 is 21.6 Å². The molecule has 0 saturated carbocycles. The number of anilines is 1. The Bertz CT molecular complexity index is 918. The third-order valence-electron chi connectivity index (χ3n) is 4.77. The molecule has 0 spiro atoms. The van der Waals surface area contributed by atoms with E-state index in [0.29, 0.717) is 0 Å². The SMILES string of the molecule is CCN1C2=[N+](CCC2)Cc2ccccc21.Cc1ccc(S(=O)(=O)[O-])cc1. The van der Waals surface area contributed by atoms with Crippen LogP contribution in [0, 0.1) is 6.92 Å². The molecule has 2 aromatic carbocycles. The average Bonchev–Trinajstić information content (AvgIpc) is 3.08. The highest BCUT2D eigenvalue weighted by molar-refractivity contribution is 7.85. The van der Waals surface area contributed by atoms with E-state index in [-0.39, 0.29) is 4.90 Å². The molecule has 2 aliphatic rings. The smallest absolute Gasteiger partial charge is 0.252 e. The first-order valence-electron chi connectivity index (χ1n) is 8.89. The normalized spacial score (nSPS) is 15.9. The second kappa shape index (κ2) is 7.60. The Balaban J connectivity index is 0.000000160. The molecule has 2 heterocycles. The van der Waals surface area contributed by atoms with E-state index in [0.717, 1.165) is 18.7 Å². The molecule has 2 aliphatic heterocycles. The number of para-hydroxylation sites is 1. The molecule has 0 amide bonds. The Hall–Kier alpha value is -2.18. The largest absolute Gasteiger partial charge is 0.744 e. The Kier molecular flexibility index (Phi) is 5.44. The summed E-state index contributed by atoms with van der Waals surface area (Å²) in [5.74, 6) is 1.54. The van der Waals surface area contributed by atoms with Crippen LogP contribution in [-0.4, -0.2) is 36.5 Å². The van der Waals surface area contributed by atoms with E-state index in [4.69, 9.17) is 0 Å². The van der Waals surface area contributed by atoms with Gasteiger partial charge in [-0.3, -0.25) is 4.58 Å². The zero-order valence-corrected chi connectivity index (χ0v) is 16.0. The summed E-state index contributed by atoms with van der Waals surface area (Å²) >= 11 is 0. The van der Waals surface area contributed by atoms with Crippen molar-refractivity contribution in [3.05, 3.63) is 59.7 Å². The molecular weight excluding hydrogens is 348 g/mol. The van der Waals surface area contributed by atoms with Crippen LogP contribution in [0.1, 0.15) is 30.9 Å². The fourth-order valence-corrected chi connectivity index (χ4v) is 3.97. The van der Waals surface area contributed by atoms with Crippen LogP contribution in [0.25, 0.3) is 0 Å². The van der Waals surface area contributed by atoms with Crippen LogP contribution in [0.5, 0.6) is 0 Å². The van der Waals surface area contributed by atoms with Gasteiger partial charge in [0.25, 0.3) is 5.84 Å². The number of benzene rings is 2. The maximum absolute atomic E-state index is 10.4. The van der Waals surface area contributed by atoms with Crippen molar-refractivity contribution in [3.8, 4) is 0 Å². The molecule has 6 heteroatoms. The van der Waals surface area contributed by atoms with Crippen molar-refractivity contribution in [3.63, 3.8) is 0 Å². The van der Waals surface area contributed by atoms with Crippen molar-refractivity contribution in [2.75, 3.05) is 18.0 Å². The predicted molar refractivity (Wildman–Crippen MR) is 102 cm³/mol. The molecule has 0 aliphatic carbocycles. The highest BCUT2D eigenvalue weighted by atomic mass is 32.2. The van der Waals surface area contributed by atoms with Crippen LogP contribution in [0.2, 0.25) is 0 Å². The molecule has 0 aromatic heterocycles. The van der Waals surface area contributed by atoms with Crippen LogP contribution in [0.15, 0.2) is 53.4 Å². The molecule has 0 N–H and O–H groups in total. The van der Waals surface area contributed by atoms with Gasteiger partial charge in [0.1, 0.15) is 22.4 Å². The lowest BCUT2D eigenvalue weighted by Crippen LogP contribution is -2.39. The number of hydrogen-bond acceptors (Lipinski definition) is 4. The average molecular weight is 372 g/mol. The lowest BCUT2D eigenvalue weighted by Gasteiger charge is -2.24. The van der Waals surface area contributed by atoms with Crippen molar-refractivity contribution < 1.29 is 17.5 Å². The maximum Gasteiger partial charge on any atom is 0.252 e. The van der Waals surface area contributed by atoms with Crippen molar-refractivity contribution in [1.29, 1.82) is 0 Å². The predicted octanol–water partition coefficient (Wildman–Crippen LogP) is 3.13. The standard InChI is InChI=1S/C13H17N2.C7H8O3S/c1-2-15-12-7-4-3-6-11(12)10-14-9-5-8-13(14)15;1-6-2-4-7(5-3-6)11(8,9)10/h3-4,6-7H,2,5,8-10H2,1H3;2-5H,1H3,(H,8,9,10)/q+1;/p-1. The number of fused-ring (bicyclic) bond motifs is 1. The molecule has 0 saturated heterocycles. The van der Waals surface area contributed by atoms with Gasteiger partial charge >= 0.3 is 0 Å². The van der Waals surface area contributed by atoms with Crippen molar-refractivity contribution in [2.24, 2.45) is 0 Å². The summed E-state index contributed by atoms with van der Waals surface area (Å²) in [5, 5.41) is 0. The number of hydrogen-bond donors (Lipinski definition) is 0. The van der Waals surface area contributed by atoms with E-state index in [1.807, 2.05) is 6.92 Å². The first kappa shape index (κ1) is 18.6. The van der Waals surface area contributed by atoms with Gasteiger partial charge in [-0.15, -0.1) is 0 Å². The molecule has 0 bridgehead atoms. The van der Waals surface area contributed by atoms with E-state index >= 15 is 0 Å².